The van der Waals surface area contributed by atoms with Crippen molar-refractivity contribution in [2.45, 2.75) is 18.5 Å². The van der Waals surface area contributed by atoms with Crippen molar-refractivity contribution >= 4 is 17.6 Å². The highest BCUT2D eigenvalue weighted by Crippen LogP contribution is 2.21. The summed E-state index contributed by atoms with van der Waals surface area (Å²) in [5, 5.41) is 9.81. The second-order valence-electron chi connectivity index (χ2n) is 3.92. The number of nitrogens with two attached hydrogens (primary N) is 1. The average molecular weight is 270 g/mol. The summed E-state index contributed by atoms with van der Waals surface area (Å²) >= 11 is 1.52. The number of hydrogen-bond acceptors (Lipinski definition) is 5. The lowest BCUT2D eigenvalue weighted by Crippen LogP contribution is -2.06. The van der Waals surface area contributed by atoms with Crippen LogP contribution in [-0.2, 0) is 6.42 Å². The molecule has 2 aromatic rings. The number of nitrogen functional groups attached to an aromatic ring is 1. The van der Waals surface area contributed by atoms with Crippen molar-refractivity contribution in [2.75, 3.05) is 11.5 Å². The Morgan fingerprint density at radius 2 is 2.00 bits per heavy atom. The summed E-state index contributed by atoms with van der Waals surface area (Å²) in [6.07, 6.45) is 0.591. The van der Waals surface area contributed by atoms with Crippen LogP contribution in [0.5, 0.6) is 0 Å². The fourth-order valence-corrected chi connectivity index (χ4v) is 2.33. The Bertz CT molecular complexity index is 605. The van der Waals surface area contributed by atoms with E-state index in [-0.39, 0.29) is 5.82 Å². The van der Waals surface area contributed by atoms with Crippen molar-refractivity contribution < 1.29 is 0 Å². The molecular formula is C14H14N4S. The summed E-state index contributed by atoms with van der Waals surface area (Å²) in [6, 6.07) is 12.0. The Labute approximate surface area is 116 Å². The molecule has 1 aromatic carbocycles. The van der Waals surface area contributed by atoms with Crippen molar-refractivity contribution in [3.8, 4) is 6.07 Å². The lowest BCUT2D eigenvalue weighted by Gasteiger charge is -2.07. The molecule has 0 fully saturated rings. The highest BCUT2D eigenvalue weighted by atomic mass is 32.2. The third-order valence-corrected chi connectivity index (χ3v) is 3.32. The summed E-state index contributed by atoms with van der Waals surface area (Å²) in [5.74, 6) is 1.13. The van der Waals surface area contributed by atoms with E-state index in [1.165, 1.54) is 11.8 Å². The van der Waals surface area contributed by atoms with Crippen LogP contribution < -0.4 is 5.73 Å². The van der Waals surface area contributed by atoms with Gasteiger partial charge in [-0.15, -0.1) is 0 Å². The molecule has 5 heteroatoms. The normalized spacial score (nSPS) is 10.1. The molecule has 0 radical (unpaired) electrons. The summed E-state index contributed by atoms with van der Waals surface area (Å²) in [5.41, 5.74) is 8.00. The van der Waals surface area contributed by atoms with E-state index in [1.54, 1.807) is 0 Å². The average Bonchev–Trinajstić information content (AvgIpc) is 2.40. The Morgan fingerprint density at radius 1 is 1.26 bits per heavy atom. The van der Waals surface area contributed by atoms with E-state index < -0.39 is 0 Å². The Kier molecular flexibility index (Phi) is 4.37. The molecule has 1 aromatic heterocycles. The van der Waals surface area contributed by atoms with Crippen LogP contribution in [-0.4, -0.2) is 15.7 Å². The fourth-order valence-electron chi connectivity index (χ4n) is 1.74. The van der Waals surface area contributed by atoms with Crippen LogP contribution in [0, 0.1) is 11.3 Å². The highest BCUT2D eigenvalue weighted by molar-refractivity contribution is 7.99. The first-order valence-electron chi connectivity index (χ1n) is 5.97. The molecule has 0 aliphatic rings. The van der Waals surface area contributed by atoms with Gasteiger partial charge >= 0.3 is 0 Å². The number of thioether (sulfide) groups is 1. The Balaban J connectivity index is 2.40. The Hall–Kier alpha value is -2.06. The van der Waals surface area contributed by atoms with Crippen molar-refractivity contribution in [3.05, 3.63) is 47.2 Å². The predicted molar refractivity (Wildman–Crippen MR) is 76.8 cm³/mol. The second kappa shape index (κ2) is 6.21. The van der Waals surface area contributed by atoms with Gasteiger partial charge in [-0.1, -0.05) is 49.0 Å². The number of anilines is 1. The van der Waals surface area contributed by atoms with Gasteiger partial charge < -0.3 is 5.73 Å². The predicted octanol–water partition coefficient (Wildman–Crippen LogP) is 2.63. The van der Waals surface area contributed by atoms with Crippen molar-refractivity contribution in [1.82, 2.24) is 9.97 Å². The van der Waals surface area contributed by atoms with Crippen LogP contribution in [0.15, 0.2) is 35.5 Å². The summed E-state index contributed by atoms with van der Waals surface area (Å²) in [4.78, 5) is 8.58. The monoisotopic (exact) mass is 270 g/mol. The summed E-state index contributed by atoms with van der Waals surface area (Å²) < 4.78 is 0. The minimum atomic E-state index is 0.263. The van der Waals surface area contributed by atoms with Gasteiger partial charge in [0.15, 0.2) is 5.16 Å². The van der Waals surface area contributed by atoms with Crippen molar-refractivity contribution in [2.24, 2.45) is 0 Å². The largest absolute Gasteiger partial charge is 0.382 e. The SMILES string of the molecule is CCSc1nc(N)c(C#N)c(Cc2ccccc2)n1. The van der Waals surface area contributed by atoms with E-state index in [1.807, 2.05) is 37.3 Å². The number of hydrogen-bond donors (Lipinski definition) is 1. The van der Waals surface area contributed by atoms with Gasteiger partial charge in [0.05, 0.1) is 5.69 Å². The molecule has 2 rings (SSSR count). The van der Waals surface area contributed by atoms with Gasteiger partial charge in [0.1, 0.15) is 17.5 Å². The summed E-state index contributed by atoms with van der Waals surface area (Å²) in [7, 11) is 0. The van der Waals surface area contributed by atoms with Crippen LogP contribution in [0.25, 0.3) is 0 Å². The molecule has 0 bridgehead atoms. The number of nitriles is 1. The van der Waals surface area contributed by atoms with Crippen LogP contribution in [0.2, 0.25) is 0 Å². The standard InChI is InChI=1S/C14H14N4S/c1-2-19-14-17-12(11(9-15)13(16)18-14)8-10-6-4-3-5-7-10/h3-7H,2,8H2,1H3,(H2,16,17,18). The first kappa shape index (κ1) is 13.4. The smallest absolute Gasteiger partial charge is 0.189 e. The first-order chi connectivity index (χ1) is 9.24. The van der Waals surface area contributed by atoms with Gasteiger partial charge in [-0.05, 0) is 11.3 Å². The van der Waals surface area contributed by atoms with E-state index in [0.717, 1.165) is 11.3 Å². The zero-order chi connectivity index (χ0) is 13.7. The van der Waals surface area contributed by atoms with Crippen LogP contribution in [0.1, 0.15) is 23.7 Å². The third-order valence-electron chi connectivity index (χ3n) is 2.59. The molecule has 0 spiro atoms. The molecule has 96 valence electrons. The maximum absolute atomic E-state index is 9.18. The fraction of sp³-hybridized carbons (Fsp3) is 0.214. The van der Waals surface area contributed by atoms with Crippen LogP contribution >= 0.6 is 11.8 Å². The molecule has 0 atom stereocenters. The van der Waals surface area contributed by atoms with Crippen molar-refractivity contribution in [1.29, 1.82) is 5.26 Å². The highest BCUT2D eigenvalue weighted by Gasteiger charge is 2.12. The van der Waals surface area contributed by atoms with E-state index in [0.29, 0.717) is 22.8 Å². The molecule has 19 heavy (non-hydrogen) atoms. The van der Waals surface area contributed by atoms with Gasteiger partial charge in [0, 0.05) is 6.42 Å². The quantitative estimate of drug-likeness (QED) is 0.682. The molecule has 0 aliphatic carbocycles. The van der Waals surface area contributed by atoms with Gasteiger partial charge in [0.2, 0.25) is 0 Å². The van der Waals surface area contributed by atoms with Gasteiger partial charge in [-0.3, -0.25) is 0 Å². The minimum absolute atomic E-state index is 0.263. The number of benzene rings is 1. The molecule has 0 amide bonds. The molecule has 0 saturated carbocycles. The Morgan fingerprint density at radius 3 is 2.63 bits per heavy atom. The van der Waals surface area contributed by atoms with Gasteiger partial charge in [-0.2, -0.15) is 5.26 Å². The van der Waals surface area contributed by atoms with E-state index >= 15 is 0 Å². The lowest BCUT2D eigenvalue weighted by molar-refractivity contribution is 0.902. The number of rotatable bonds is 4. The molecule has 0 unspecified atom stereocenters. The molecule has 0 saturated heterocycles. The number of aromatic nitrogens is 2. The maximum atomic E-state index is 9.18. The lowest BCUT2D eigenvalue weighted by atomic mass is 10.1. The zero-order valence-electron chi connectivity index (χ0n) is 10.6. The van der Waals surface area contributed by atoms with Crippen LogP contribution in [0.4, 0.5) is 5.82 Å². The zero-order valence-corrected chi connectivity index (χ0v) is 11.4. The van der Waals surface area contributed by atoms with Crippen molar-refractivity contribution in [3.63, 3.8) is 0 Å². The second-order valence-corrected chi connectivity index (χ2v) is 5.15. The number of nitrogens with zero attached hydrogens (tertiary/aromatic N) is 3. The van der Waals surface area contributed by atoms with Gasteiger partial charge in [-0.25, -0.2) is 9.97 Å². The summed E-state index contributed by atoms with van der Waals surface area (Å²) in [6.45, 7) is 2.03. The first-order valence-corrected chi connectivity index (χ1v) is 6.96. The molecule has 2 N–H and O–H groups in total. The third kappa shape index (κ3) is 3.24. The minimum Gasteiger partial charge on any atom is -0.382 e. The molecular weight excluding hydrogens is 256 g/mol. The maximum Gasteiger partial charge on any atom is 0.189 e. The topological polar surface area (TPSA) is 75.6 Å². The van der Waals surface area contributed by atoms with E-state index in [4.69, 9.17) is 5.73 Å². The van der Waals surface area contributed by atoms with E-state index in [9.17, 15) is 5.26 Å². The van der Waals surface area contributed by atoms with Gasteiger partial charge in [0.25, 0.3) is 0 Å². The van der Waals surface area contributed by atoms with E-state index in [2.05, 4.69) is 16.0 Å². The molecule has 4 nitrogen and oxygen atoms in total. The van der Waals surface area contributed by atoms with Crippen LogP contribution in [0.3, 0.4) is 0 Å². The molecule has 1 heterocycles. The molecule has 0 aliphatic heterocycles.